The molecular weight excluding hydrogens is 512 g/mol. The van der Waals surface area contributed by atoms with E-state index in [0.29, 0.717) is 34.3 Å². The van der Waals surface area contributed by atoms with Crippen molar-refractivity contribution in [2.75, 3.05) is 18.5 Å². The lowest BCUT2D eigenvalue weighted by Crippen LogP contribution is -2.44. The van der Waals surface area contributed by atoms with Crippen molar-refractivity contribution < 1.29 is 4.79 Å². The smallest absolute Gasteiger partial charge is 0.269 e. The normalized spacial score (nSPS) is 18.3. The first kappa shape index (κ1) is 28.9. The molecule has 1 aromatic carbocycles. The number of pyridine rings is 1. The van der Waals surface area contributed by atoms with Gasteiger partial charge in [-0.05, 0) is 89.8 Å². The van der Waals surface area contributed by atoms with Crippen molar-refractivity contribution in [3.8, 4) is 0 Å². The number of aromatic amines is 1. The summed E-state index contributed by atoms with van der Waals surface area (Å²) in [6.07, 6.45) is 8.15. The molecule has 1 unspecified atom stereocenters. The summed E-state index contributed by atoms with van der Waals surface area (Å²) in [6, 6.07) is 9.05. The fourth-order valence-corrected chi connectivity index (χ4v) is 6.13. The standard InChI is InChI=1S/C30H41ClN6O2/c1-7-37(25-12-10-24(11-13-25)35(5)20(3)22-9-8-14-32-17-22)28-16-23(31)15-26(19(28)2)29(38)33-18-27-21(4)36(6)34-30(27)39/h8-9,14-17,20,24-25H,7,10-13,18H2,1-6H3,(H,33,38)(H,34,39). The molecule has 0 spiro atoms. The summed E-state index contributed by atoms with van der Waals surface area (Å²) in [6.45, 7) is 9.24. The summed E-state index contributed by atoms with van der Waals surface area (Å²) in [7, 11) is 4.00. The third-order valence-corrected chi connectivity index (χ3v) is 8.83. The van der Waals surface area contributed by atoms with Crippen LogP contribution in [0.1, 0.15) is 78.3 Å². The molecule has 210 valence electrons. The number of carbonyl (C=O) groups is 1. The molecule has 8 nitrogen and oxygen atoms in total. The van der Waals surface area contributed by atoms with E-state index in [1.807, 2.05) is 38.4 Å². The molecule has 2 heterocycles. The van der Waals surface area contributed by atoms with Crippen LogP contribution in [0.3, 0.4) is 0 Å². The molecule has 0 bridgehead atoms. The molecule has 2 N–H and O–H groups in total. The summed E-state index contributed by atoms with van der Waals surface area (Å²) < 4.78 is 1.66. The quantitative estimate of drug-likeness (QED) is 0.384. The third kappa shape index (κ3) is 6.23. The van der Waals surface area contributed by atoms with Gasteiger partial charge in [0, 0.05) is 66.1 Å². The average Bonchev–Trinajstić information content (AvgIpc) is 3.19. The molecule has 0 aliphatic heterocycles. The number of amides is 1. The highest BCUT2D eigenvalue weighted by Crippen LogP contribution is 2.35. The van der Waals surface area contributed by atoms with Crippen LogP contribution in [0.2, 0.25) is 5.02 Å². The molecule has 1 aliphatic rings. The Morgan fingerprint density at radius 1 is 1.23 bits per heavy atom. The average molecular weight is 553 g/mol. The Morgan fingerprint density at radius 2 is 1.92 bits per heavy atom. The number of aromatic nitrogens is 3. The summed E-state index contributed by atoms with van der Waals surface area (Å²) in [5, 5.41) is 6.19. The molecule has 1 saturated carbocycles. The van der Waals surface area contributed by atoms with Crippen molar-refractivity contribution in [1.82, 2.24) is 25.0 Å². The summed E-state index contributed by atoms with van der Waals surface area (Å²) in [4.78, 5) is 34.6. The Morgan fingerprint density at radius 3 is 2.51 bits per heavy atom. The zero-order chi connectivity index (χ0) is 28.3. The van der Waals surface area contributed by atoms with Gasteiger partial charge in [-0.25, -0.2) is 0 Å². The van der Waals surface area contributed by atoms with Crippen LogP contribution < -0.4 is 15.8 Å². The Hall–Kier alpha value is -3.10. The summed E-state index contributed by atoms with van der Waals surface area (Å²) in [5.74, 6) is -0.232. The second kappa shape index (κ2) is 12.4. The van der Waals surface area contributed by atoms with E-state index in [1.165, 1.54) is 5.56 Å². The molecule has 1 amide bonds. The second-order valence-electron chi connectivity index (χ2n) is 10.7. The van der Waals surface area contributed by atoms with E-state index in [-0.39, 0.29) is 18.0 Å². The van der Waals surface area contributed by atoms with Gasteiger partial charge < -0.3 is 10.2 Å². The zero-order valence-corrected chi connectivity index (χ0v) is 24.7. The van der Waals surface area contributed by atoms with Crippen molar-refractivity contribution in [1.29, 1.82) is 0 Å². The molecule has 39 heavy (non-hydrogen) atoms. The number of H-pyrrole nitrogens is 1. The molecule has 1 atom stereocenters. The van der Waals surface area contributed by atoms with Gasteiger partial charge in [0.05, 0.1) is 12.1 Å². The zero-order valence-electron chi connectivity index (χ0n) is 23.9. The minimum Gasteiger partial charge on any atom is -0.369 e. The highest BCUT2D eigenvalue weighted by atomic mass is 35.5. The van der Waals surface area contributed by atoms with E-state index >= 15 is 0 Å². The fraction of sp³-hybridized carbons (Fsp3) is 0.500. The van der Waals surface area contributed by atoms with Crippen LogP contribution >= 0.6 is 11.6 Å². The van der Waals surface area contributed by atoms with E-state index in [4.69, 9.17) is 11.6 Å². The number of anilines is 1. The minimum atomic E-state index is -0.232. The van der Waals surface area contributed by atoms with Gasteiger partial charge in [0.25, 0.3) is 11.5 Å². The maximum atomic E-state index is 13.2. The summed E-state index contributed by atoms with van der Waals surface area (Å²) in [5.41, 5.74) is 4.86. The molecular formula is C30H41ClN6O2. The fourth-order valence-electron chi connectivity index (χ4n) is 5.92. The highest BCUT2D eigenvalue weighted by molar-refractivity contribution is 6.31. The highest BCUT2D eigenvalue weighted by Gasteiger charge is 2.30. The number of carbonyl (C=O) groups excluding carboxylic acids is 1. The largest absolute Gasteiger partial charge is 0.369 e. The van der Waals surface area contributed by atoms with E-state index in [1.54, 1.807) is 17.8 Å². The first-order chi connectivity index (χ1) is 18.6. The number of nitrogens with zero attached hydrogens (tertiary/aromatic N) is 4. The topological polar surface area (TPSA) is 86.3 Å². The van der Waals surface area contributed by atoms with Crippen LogP contribution in [-0.4, -0.2) is 51.2 Å². The van der Waals surface area contributed by atoms with Crippen molar-refractivity contribution >= 4 is 23.2 Å². The van der Waals surface area contributed by atoms with Gasteiger partial charge in [0.15, 0.2) is 0 Å². The third-order valence-electron chi connectivity index (χ3n) is 8.61. The van der Waals surface area contributed by atoms with Gasteiger partial charge in [0.1, 0.15) is 0 Å². The number of nitrogens with one attached hydrogen (secondary N) is 2. The van der Waals surface area contributed by atoms with E-state index < -0.39 is 0 Å². The Labute approximate surface area is 236 Å². The number of hydrogen-bond donors (Lipinski definition) is 2. The monoisotopic (exact) mass is 552 g/mol. The van der Waals surface area contributed by atoms with E-state index in [0.717, 1.165) is 49.2 Å². The van der Waals surface area contributed by atoms with Crippen LogP contribution in [0.5, 0.6) is 0 Å². The van der Waals surface area contributed by atoms with Gasteiger partial charge in [-0.15, -0.1) is 0 Å². The predicted octanol–water partition coefficient (Wildman–Crippen LogP) is 5.14. The number of benzene rings is 1. The number of rotatable bonds is 9. The number of halogens is 1. The molecule has 2 aromatic heterocycles. The van der Waals surface area contributed by atoms with Gasteiger partial charge in [-0.2, -0.15) is 0 Å². The van der Waals surface area contributed by atoms with Crippen LogP contribution in [0.15, 0.2) is 41.5 Å². The van der Waals surface area contributed by atoms with Crippen molar-refractivity contribution in [3.63, 3.8) is 0 Å². The lowest BCUT2D eigenvalue weighted by Gasteiger charge is -2.42. The van der Waals surface area contributed by atoms with Crippen molar-refractivity contribution in [2.45, 2.75) is 78.0 Å². The maximum absolute atomic E-state index is 13.2. The molecule has 1 aliphatic carbocycles. The molecule has 3 aromatic rings. The van der Waals surface area contributed by atoms with Gasteiger partial charge in [-0.1, -0.05) is 17.7 Å². The molecule has 9 heteroatoms. The number of hydrogen-bond acceptors (Lipinski definition) is 5. The molecule has 0 saturated heterocycles. The predicted molar refractivity (Wildman–Crippen MR) is 158 cm³/mol. The van der Waals surface area contributed by atoms with E-state index in [2.05, 4.69) is 52.2 Å². The lowest BCUT2D eigenvalue weighted by atomic mass is 9.87. The SMILES string of the molecule is CCN(c1cc(Cl)cc(C(=O)NCc2c(C)n(C)[nH]c2=O)c1C)C1CCC(N(C)C(C)c2cccnc2)CC1. The van der Waals surface area contributed by atoms with Crippen molar-refractivity contribution in [2.24, 2.45) is 7.05 Å². The van der Waals surface area contributed by atoms with E-state index in [9.17, 15) is 9.59 Å². The second-order valence-corrected chi connectivity index (χ2v) is 11.2. The van der Waals surface area contributed by atoms with Gasteiger partial charge in [-0.3, -0.25) is 29.3 Å². The first-order valence-electron chi connectivity index (χ1n) is 13.8. The van der Waals surface area contributed by atoms with Crippen LogP contribution in [0.4, 0.5) is 5.69 Å². The van der Waals surface area contributed by atoms with Crippen LogP contribution in [0, 0.1) is 13.8 Å². The first-order valence-corrected chi connectivity index (χ1v) is 14.2. The summed E-state index contributed by atoms with van der Waals surface area (Å²) >= 11 is 6.56. The van der Waals surface area contributed by atoms with Gasteiger partial charge >= 0.3 is 0 Å². The molecule has 0 radical (unpaired) electrons. The molecule has 4 rings (SSSR count). The lowest BCUT2D eigenvalue weighted by molar-refractivity contribution is 0.0950. The molecule has 1 fully saturated rings. The van der Waals surface area contributed by atoms with Crippen LogP contribution in [0.25, 0.3) is 0 Å². The van der Waals surface area contributed by atoms with Crippen LogP contribution in [-0.2, 0) is 13.6 Å². The Bertz CT molecular complexity index is 1340. The van der Waals surface area contributed by atoms with Crippen molar-refractivity contribution in [3.05, 3.63) is 80.0 Å². The number of aryl methyl sites for hydroxylation is 1. The Balaban J connectivity index is 1.46. The van der Waals surface area contributed by atoms with Gasteiger partial charge in [0.2, 0.25) is 0 Å². The Kier molecular flexibility index (Phi) is 9.18. The maximum Gasteiger partial charge on any atom is 0.269 e. The minimum absolute atomic E-state index is 0.161.